The Morgan fingerprint density at radius 3 is 2.73 bits per heavy atom. The number of benzene rings is 1. The molecule has 5 nitrogen and oxygen atoms in total. The van der Waals surface area contributed by atoms with Crippen LogP contribution in [-0.2, 0) is 0 Å². The first-order chi connectivity index (χ1) is 7.06. The quantitative estimate of drug-likeness (QED) is 0.452. The average Bonchev–Trinajstić information content (AvgIpc) is 2.18. The maximum Gasteiger partial charge on any atom is 0.270 e. The molecule has 0 amide bonds. The molecule has 0 atom stereocenters. The highest BCUT2D eigenvalue weighted by Crippen LogP contribution is 2.25. The molecule has 0 spiro atoms. The molecule has 0 N–H and O–H groups in total. The summed E-state index contributed by atoms with van der Waals surface area (Å²) < 4.78 is 5.11. The first-order valence-corrected chi connectivity index (χ1v) is 4.55. The number of halogens is 1. The van der Waals surface area contributed by atoms with E-state index in [0.717, 1.165) is 6.07 Å². The molecular weight excluding hydrogens is 222 g/mol. The van der Waals surface area contributed by atoms with E-state index in [1.807, 2.05) is 0 Å². The van der Waals surface area contributed by atoms with Crippen LogP contribution in [0, 0.1) is 10.1 Å². The Morgan fingerprint density at radius 1 is 1.60 bits per heavy atom. The van der Waals surface area contributed by atoms with Gasteiger partial charge in [-0.25, -0.2) is 0 Å². The Balaban J connectivity index is 3.20. The van der Waals surface area contributed by atoms with Gasteiger partial charge in [-0.1, -0.05) is 0 Å². The van der Waals surface area contributed by atoms with Crippen molar-refractivity contribution in [3.8, 4) is 5.75 Å². The van der Waals surface area contributed by atoms with Crippen molar-refractivity contribution in [1.29, 1.82) is 0 Å². The highest BCUT2D eigenvalue weighted by atomic mass is 35.5. The molecule has 0 unspecified atom stereocenters. The lowest BCUT2D eigenvalue weighted by atomic mass is 10.2. The van der Waals surface area contributed by atoms with Gasteiger partial charge in [0, 0.05) is 12.1 Å². The summed E-state index contributed by atoms with van der Waals surface area (Å²) in [5.74, 6) is 0.253. The Bertz CT molecular complexity index is 405. The van der Waals surface area contributed by atoms with Crippen LogP contribution >= 0.6 is 11.6 Å². The van der Waals surface area contributed by atoms with Crippen molar-refractivity contribution >= 4 is 22.5 Å². The maximum absolute atomic E-state index is 11.0. The van der Waals surface area contributed by atoms with Gasteiger partial charge >= 0.3 is 0 Å². The van der Waals surface area contributed by atoms with Gasteiger partial charge in [0.1, 0.15) is 5.75 Å². The van der Waals surface area contributed by atoms with E-state index >= 15 is 0 Å². The van der Waals surface area contributed by atoms with Gasteiger partial charge in [-0.15, -0.1) is 0 Å². The van der Waals surface area contributed by atoms with Crippen molar-refractivity contribution in [2.45, 2.75) is 6.92 Å². The molecule has 15 heavy (non-hydrogen) atoms. The molecule has 0 fully saturated rings. The van der Waals surface area contributed by atoms with Gasteiger partial charge in [0.2, 0.25) is 0 Å². The summed E-state index contributed by atoms with van der Waals surface area (Å²) in [4.78, 5) is 20.8. The summed E-state index contributed by atoms with van der Waals surface area (Å²) in [6.07, 6.45) is 0. The highest BCUT2D eigenvalue weighted by Gasteiger charge is 2.15. The third-order valence-electron chi connectivity index (χ3n) is 1.69. The lowest BCUT2D eigenvalue weighted by Gasteiger charge is -2.06. The summed E-state index contributed by atoms with van der Waals surface area (Å²) in [6, 6.07) is 3.71. The highest BCUT2D eigenvalue weighted by molar-refractivity contribution is 6.68. The van der Waals surface area contributed by atoms with Crippen LogP contribution in [0.25, 0.3) is 0 Å². The molecule has 0 bridgehead atoms. The summed E-state index contributed by atoms with van der Waals surface area (Å²) >= 11 is 5.28. The first-order valence-electron chi connectivity index (χ1n) is 4.17. The van der Waals surface area contributed by atoms with E-state index in [2.05, 4.69) is 0 Å². The Labute approximate surface area is 90.8 Å². The molecule has 0 aromatic heterocycles. The van der Waals surface area contributed by atoms with Crippen LogP contribution in [0.2, 0.25) is 0 Å². The van der Waals surface area contributed by atoms with E-state index in [0.29, 0.717) is 6.61 Å². The van der Waals surface area contributed by atoms with Crippen LogP contribution in [0.3, 0.4) is 0 Å². The number of carbonyl (C=O) groups is 1. The smallest absolute Gasteiger partial charge is 0.270 e. The van der Waals surface area contributed by atoms with Crippen molar-refractivity contribution in [3.63, 3.8) is 0 Å². The fourth-order valence-electron chi connectivity index (χ4n) is 1.07. The lowest BCUT2D eigenvalue weighted by molar-refractivity contribution is -0.384. The number of carbonyl (C=O) groups excluding carboxylic acids is 1. The molecule has 1 aromatic carbocycles. The van der Waals surface area contributed by atoms with E-state index in [-0.39, 0.29) is 17.0 Å². The topological polar surface area (TPSA) is 69.4 Å². The van der Waals surface area contributed by atoms with E-state index < -0.39 is 10.2 Å². The van der Waals surface area contributed by atoms with E-state index in [1.54, 1.807) is 6.92 Å². The summed E-state index contributed by atoms with van der Waals surface area (Å²) in [5.41, 5.74) is -0.185. The molecule has 6 heteroatoms. The number of hydrogen-bond acceptors (Lipinski definition) is 4. The largest absolute Gasteiger partial charge is 0.493 e. The van der Waals surface area contributed by atoms with Crippen molar-refractivity contribution in [2.75, 3.05) is 6.61 Å². The standard InChI is InChI=1S/C9H8ClNO4/c1-2-15-8-4-3-6(11(13)14)5-7(8)9(10)12/h3-5H,2H2,1H3. The minimum Gasteiger partial charge on any atom is -0.493 e. The SMILES string of the molecule is CCOc1ccc([N+](=O)[O-])cc1C(=O)Cl. The second-order valence-electron chi connectivity index (χ2n) is 2.64. The molecule has 0 aliphatic carbocycles. The average molecular weight is 230 g/mol. The predicted octanol–water partition coefficient (Wildman–Crippen LogP) is 2.37. The number of nitrogens with zero attached hydrogens (tertiary/aromatic N) is 1. The zero-order valence-corrected chi connectivity index (χ0v) is 8.65. The molecule has 1 aromatic rings. The summed E-state index contributed by atoms with van der Waals surface area (Å²) in [5, 5.41) is 9.68. The van der Waals surface area contributed by atoms with Crippen molar-refractivity contribution in [2.24, 2.45) is 0 Å². The molecule has 80 valence electrons. The van der Waals surface area contributed by atoms with Crippen LogP contribution in [0.1, 0.15) is 17.3 Å². The molecular formula is C9H8ClNO4. The number of nitro benzene ring substituents is 1. The van der Waals surface area contributed by atoms with Crippen LogP contribution in [-0.4, -0.2) is 16.8 Å². The minimum atomic E-state index is -0.776. The van der Waals surface area contributed by atoms with Gasteiger partial charge in [-0.05, 0) is 24.6 Å². The summed E-state index contributed by atoms with van der Waals surface area (Å²) in [6.45, 7) is 2.10. The molecule has 0 saturated carbocycles. The van der Waals surface area contributed by atoms with Crippen molar-refractivity contribution in [3.05, 3.63) is 33.9 Å². The zero-order valence-electron chi connectivity index (χ0n) is 7.90. The Morgan fingerprint density at radius 2 is 2.27 bits per heavy atom. The number of hydrogen-bond donors (Lipinski definition) is 0. The minimum absolute atomic E-state index is 0.00715. The molecule has 0 aliphatic rings. The van der Waals surface area contributed by atoms with E-state index in [4.69, 9.17) is 16.3 Å². The van der Waals surface area contributed by atoms with Gasteiger partial charge in [0.15, 0.2) is 0 Å². The zero-order chi connectivity index (χ0) is 11.4. The van der Waals surface area contributed by atoms with Crippen molar-refractivity contribution < 1.29 is 14.5 Å². The van der Waals surface area contributed by atoms with E-state index in [9.17, 15) is 14.9 Å². The van der Waals surface area contributed by atoms with Crippen molar-refractivity contribution in [1.82, 2.24) is 0 Å². The fourth-order valence-corrected chi connectivity index (χ4v) is 1.21. The van der Waals surface area contributed by atoms with Crippen LogP contribution < -0.4 is 4.74 Å². The van der Waals surface area contributed by atoms with Crippen LogP contribution in [0.4, 0.5) is 5.69 Å². The van der Waals surface area contributed by atoms with Gasteiger partial charge in [-0.2, -0.15) is 0 Å². The normalized spacial score (nSPS) is 9.73. The lowest BCUT2D eigenvalue weighted by Crippen LogP contribution is -2.00. The monoisotopic (exact) mass is 229 g/mol. The van der Waals surface area contributed by atoms with Crippen LogP contribution in [0.5, 0.6) is 5.75 Å². The molecule has 0 radical (unpaired) electrons. The second-order valence-corrected chi connectivity index (χ2v) is 2.99. The van der Waals surface area contributed by atoms with Crippen LogP contribution in [0.15, 0.2) is 18.2 Å². The Kier molecular flexibility index (Phi) is 3.62. The number of rotatable bonds is 4. The van der Waals surface area contributed by atoms with Gasteiger partial charge in [0.05, 0.1) is 17.1 Å². The fraction of sp³-hybridized carbons (Fsp3) is 0.222. The number of nitro groups is 1. The molecule has 1 rings (SSSR count). The molecule has 0 saturated heterocycles. The predicted molar refractivity (Wildman–Crippen MR) is 54.4 cm³/mol. The first kappa shape index (κ1) is 11.5. The summed E-state index contributed by atoms with van der Waals surface area (Å²) in [7, 11) is 0. The second kappa shape index (κ2) is 4.75. The third-order valence-corrected chi connectivity index (χ3v) is 1.89. The van der Waals surface area contributed by atoms with Gasteiger partial charge in [-0.3, -0.25) is 14.9 Å². The number of non-ortho nitro benzene ring substituents is 1. The number of ether oxygens (including phenoxy) is 1. The maximum atomic E-state index is 11.0. The van der Waals surface area contributed by atoms with E-state index in [1.165, 1.54) is 12.1 Å². The van der Waals surface area contributed by atoms with Gasteiger partial charge in [0.25, 0.3) is 10.9 Å². The molecule has 0 heterocycles. The third kappa shape index (κ3) is 2.66. The Hall–Kier alpha value is -1.62. The van der Waals surface area contributed by atoms with Gasteiger partial charge < -0.3 is 4.74 Å². The molecule has 0 aliphatic heterocycles.